The summed E-state index contributed by atoms with van der Waals surface area (Å²) in [6.07, 6.45) is 0. The van der Waals surface area contributed by atoms with Gasteiger partial charge in [-0.1, -0.05) is 42.5 Å². The molecule has 0 unspecified atom stereocenters. The van der Waals surface area contributed by atoms with Crippen molar-refractivity contribution in [2.24, 2.45) is 0 Å². The standard InChI is InChI=1S/C15H16O/c1-11-8-9-14(10-16)12(2)15(11)13-6-4-3-5-7-13/h3-9,16H,10H2,1-2H3. The van der Waals surface area contributed by atoms with E-state index in [4.69, 9.17) is 0 Å². The first-order valence-corrected chi connectivity index (χ1v) is 5.49. The fourth-order valence-corrected chi connectivity index (χ4v) is 2.11. The monoisotopic (exact) mass is 212 g/mol. The van der Waals surface area contributed by atoms with Gasteiger partial charge in [-0.2, -0.15) is 0 Å². The molecule has 0 aromatic heterocycles. The van der Waals surface area contributed by atoms with Gasteiger partial charge >= 0.3 is 0 Å². The molecule has 0 spiro atoms. The Morgan fingerprint density at radius 1 is 0.938 bits per heavy atom. The minimum absolute atomic E-state index is 0.103. The molecule has 0 bridgehead atoms. The first-order chi connectivity index (χ1) is 7.74. The first kappa shape index (κ1) is 10.9. The molecule has 0 aliphatic rings. The number of hydrogen-bond donors (Lipinski definition) is 1. The van der Waals surface area contributed by atoms with E-state index < -0.39 is 0 Å². The van der Waals surface area contributed by atoms with Gasteiger partial charge in [0.1, 0.15) is 0 Å². The van der Waals surface area contributed by atoms with E-state index in [9.17, 15) is 5.11 Å². The van der Waals surface area contributed by atoms with E-state index in [0.717, 1.165) is 5.56 Å². The van der Waals surface area contributed by atoms with E-state index in [-0.39, 0.29) is 6.61 Å². The fraction of sp³-hybridized carbons (Fsp3) is 0.200. The Bertz CT molecular complexity index is 486. The third kappa shape index (κ3) is 1.86. The molecule has 0 amide bonds. The lowest BCUT2D eigenvalue weighted by Crippen LogP contribution is -1.94. The molecule has 82 valence electrons. The highest BCUT2D eigenvalue weighted by Crippen LogP contribution is 2.29. The zero-order valence-corrected chi connectivity index (χ0v) is 9.70. The van der Waals surface area contributed by atoms with Crippen LogP contribution in [0.5, 0.6) is 0 Å². The van der Waals surface area contributed by atoms with Crippen molar-refractivity contribution >= 4 is 0 Å². The van der Waals surface area contributed by atoms with Crippen LogP contribution in [0.15, 0.2) is 42.5 Å². The molecule has 0 heterocycles. The van der Waals surface area contributed by atoms with Crippen LogP contribution in [0.3, 0.4) is 0 Å². The number of aliphatic hydroxyl groups excluding tert-OH is 1. The highest BCUT2D eigenvalue weighted by Gasteiger charge is 2.08. The lowest BCUT2D eigenvalue weighted by Gasteiger charge is -2.13. The molecular formula is C15H16O. The highest BCUT2D eigenvalue weighted by molar-refractivity contribution is 5.71. The van der Waals surface area contributed by atoms with Gasteiger partial charge in [-0.3, -0.25) is 0 Å². The van der Waals surface area contributed by atoms with E-state index in [2.05, 4.69) is 32.0 Å². The van der Waals surface area contributed by atoms with Crippen molar-refractivity contribution in [3.8, 4) is 11.1 Å². The Balaban J connectivity index is 2.64. The van der Waals surface area contributed by atoms with Crippen LogP contribution in [-0.4, -0.2) is 5.11 Å². The summed E-state index contributed by atoms with van der Waals surface area (Å²) < 4.78 is 0. The first-order valence-electron chi connectivity index (χ1n) is 5.49. The minimum Gasteiger partial charge on any atom is -0.392 e. The Kier molecular flexibility index (Phi) is 3.07. The Labute approximate surface area is 96.4 Å². The van der Waals surface area contributed by atoms with Crippen molar-refractivity contribution in [3.05, 3.63) is 59.2 Å². The van der Waals surface area contributed by atoms with E-state index in [0.29, 0.717) is 0 Å². The summed E-state index contributed by atoms with van der Waals surface area (Å²) in [4.78, 5) is 0. The molecule has 0 saturated carbocycles. The van der Waals surface area contributed by atoms with Crippen LogP contribution in [0, 0.1) is 13.8 Å². The summed E-state index contributed by atoms with van der Waals surface area (Å²) >= 11 is 0. The quantitative estimate of drug-likeness (QED) is 0.808. The fourth-order valence-electron chi connectivity index (χ4n) is 2.11. The van der Waals surface area contributed by atoms with Crippen molar-refractivity contribution in [2.75, 3.05) is 0 Å². The molecule has 2 aromatic rings. The van der Waals surface area contributed by atoms with Crippen LogP contribution in [0.2, 0.25) is 0 Å². The normalized spacial score (nSPS) is 10.4. The zero-order valence-electron chi connectivity index (χ0n) is 9.70. The molecular weight excluding hydrogens is 196 g/mol. The van der Waals surface area contributed by atoms with Gasteiger partial charge in [0.2, 0.25) is 0 Å². The van der Waals surface area contributed by atoms with Crippen LogP contribution in [0.25, 0.3) is 11.1 Å². The van der Waals surface area contributed by atoms with Crippen molar-refractivity contribution in [3.63, 3.8) is 0 Å². The third-order valence-electron chi connectivity index (χ3n) is 3.02. The second-order valence-electron chi connectivity index (χ2n) is 4.07. The highest BCUT2D eigenvalue weighted by atomic mass is 16.3. The summed E-state index contributed by atoms with van der Waals surface area (Å²) in [6.45, 7) is 4.28. The molecule has 0 aliphatic carbocycles. The van der Waals surface area contributed by atoms with Crippen LogP contribution >= 0.6 is 0 Å². The maximum atomic E-state index is 9.28. The van der Waals surface area contributed by atoms with Crippen molar-refractivity contribution in [1.82, 2.24) is 0 Å². The Hall–Kier alpha value is -1.60. The Morgan fingerprint density at radius 2 is 1.62 bits per heavy atom. The SMILES string of the molecule is Cc1ccc(CO)c(C)c1-c1ccccc1. The summed E-state index contributed by atoms with van der Waals surface area (Å²) in [6, 6.07) is 14.4. The van der Waals surface area contributed by atoms with Gasteiger partial charge in [-0.25, -0.2) is 0 Å². The molecule has 1 heteroatoms. The van der Waals surface area contributed by atoms with Gasteiger partial charge in [0.05, 0.1) is 6.61 Å². The van der Waals surface area contributed by atoms with Crippen LogP contribution < -0.4 is 0 Å². The van der Waals surface area contributed by atoms with Crippen molar-refractivity contribution in [2.45, 2.75) is 20.5 Å². The van der Waals surface area contributed by atoms with Gasteiger partial charge in [0.15, 0.2) is 0 Å². The van der Waals surface area contributed by atoms with E-state index in [1.165, 1.54) is 22.3 Å². The van der Waals surface area contributed by atoms with Crippen LogP contribution in [-0.2, 0) is 6.61 Å². The number of benzene rings is 2. The predicted molar refractivity (Wildman–Crippen MR) is 67.3 cm³/mol. The van der Waals surface area contributed by atoms with Crippen LogP contribution in [0.1, 0.15) is 16.7 Å². The maximum Gasteiger partial charge on any atom is 0.0684 e. The lowest BCUT2D eigenvalue weighted by molar-refractivity contribution is 0.281. The van der Waals surface area contributed by atoms with Gasteiger partial charge in [-0.15, -0.1) is 0 Å². The number of hydrogen-bond acceptors (Lipinski definition) is 1. The molecule has 1 N–H and O–H groups in total. The molecule has 2 aromatic carbocycles. The molecule has 0 saturated heterocycles. The third-order valence-corrected chi connectivity index (χ3v) is 3.02. The van der Waals surface area contributed by atoms with Gasteiger partial charge in [-0.05, 0) is 41.7 Å². The predicted octanol–water partition coefficient (Wildman–Crippen LogP) is 3.46. The topological polar surface area (TPSA) is 20.2 Å². The second-order valence-corrected chi connectivity index (χ2v) is 4.07. The summed E-state index contributed by atoms with van der Waals surface area (Å²) in [7, 11) is 0. The summed E-state index contributed by atoms with van der Waals surface area (Å²) in [5.74, 6) is 0. The number of rotatable bonds is 2. The zero-order chi connectivity index (χ0) is 11.5. The van der Waals surface area contributed by atoms with E-state index >= 15 is 0 Å². The molecule has 0 atom stereocenters. The summed E-state index contributed by atoms with van der Waals surface area (Å²) in [5, 5.41) is 9.28. The van der Waals surface area contributed by atoms with Gasteiger partial charge in [0.25, 0.3) is 0 Å². The van der Waals surface area contributed by atoms with E-state index in [1.54, 1.807) is 0 Å². The van der Waals surface area contributed by atoms with Crippen LogP contribution in [0.4, 0.5) is 0 Å². The molecule has 2 rings (SSSR count). The van der Waals surface area contributed by atoms with Gasteiger partial charge < -0.3 is 5.11 Å². The van der Waals surface area contributed by atoms with Crippen molar-refractivity contribution < 1.29 is 5.11 Å². The largest absolute Gasteiger partial charge is 0.392 e. The second kappa shape index (κ2) is 4.50. The molecule has 1 nitrogen and oxygen atoms in total. The molecule has 0 aliphatic heterocycles. The van der Waals surface area contributed by atoms with E-state index in [1.807, 2.05) is 24.3 Å². The Morgan fingerprint density at radius 3 is 2.25 bits per heavy atom. The average Bonchev–Trinajstić information content (AvgIpc) is 2.31. The summed E-state index contributed by atoms with van der Waals surface area (Å²) in [5.41, 5.74) is 5.89. The minimum atomic E-state index is 0.103. The lowest BCUT2D eigenvalue weighted by atomic mass is 9.92. The van der Waals surface area contributed by atoms with Gasteiger partial charge in [0, 0.05) is 0 Å². The number of aryl methyl sites for hydroxylation is 1. The maximum absolute atomic E-state index is 9.28. The number of aliphatic hydroxyl groups is 1. The molecule has 16 heavy (non-hydrogen) atoms. The smallest absolute Gasteiger partial charge is 0.0684 e. The molecule has 0 fully saturated rings. The average molecular weight is 212 g/mol. The van der Waals surface area contributed by atoms with Crippen molar-refractivity contribution in [1.29, 1.82) is 0 Å². The molecule has 0 radical (unpaired) electrons.